The lowest BCUT2D eigenvalue weighted by Gasteiger charge is -2.21. The minimum Gasteiger partial charge on any atom is -0.0795 e. The molecule has 2 aromatic rings. The molecule has 0 nitrogen and oxygen atoms in total. The number of hydrogen-bond donors (Lipinski definition) is 0. The number of rotatable bonds is 1. The van der Waals surface area contributed by atoms with Crippen LogP contribution in [0, 0.1) is 0 Å². The largest absolute Gasteiger partial charge is 0.174 e. The lowest BCUT2D eigenvalue weighted by atomic mass is 10.3. The summed E-state index contributed by atoms with van der Waals surface area (Å²) in [6.45, 7) is 4.65. The average Bonchev–Trinajstić information content (AvgIpc) is 2.35. The number of fused-ring (bicyclic) bond motifs is 2. The lowest BCUT2D eigenvalue weighted by molar-refractivity contribution is 1.04. The Morgan fingerprint density at radius 2 is 1.29 bits per heavy atom. The first-order chi connectivity index (χ1) is 8.27. The van der Waals surface area contributed by atoms with E-state index in [1.165, 1.54) is 19.6 Å². The van der Waals surface area contributed by atoms with E-state index in [9.17, 15) is 0 Å². The molecule has 0 radical (unpaired) electrons. The van der Waals surface area contributed by atoms with Crippen molar-refractivity contribution in [2.24, 2.45) is 0 Å². The molecule has 0 saturated carbocycles. The fourth-order valence-electron chi connectivity index (χ4n) is 2.18. The van der Waals surface area contributed by atoms with E-state index in [-0.39, 0.29) is 10.9 Å². The van der Waals surface area contributed by atoms with Crippen molar-refractivity contribution in [2.45, 2.75) is 38.7 Å². The summed E-state index contributed by atoms with van der Waals surface area (Å²) < 4.78 is 0. The number of hydrogen-bond acceptors (Lipinski definition) is 1. The van der Waals surface area contributed by atoms with E-state index in [1.54, 1.807) is 0 Å². The Kier molecular flexibility index (Phi) is 2.93. The summed E-state index contributed by atoms with van der Waals surface area (Å²) in [6, 6.07) is 17.7. The molecule has 0 saturated heterocycles. The minimum atomic E-state index is 0.233. The Bertz CT molecular complexity index is 501. The van der Waals surface area contributed by atoms with E-state index < -0.39 is 0 Å². The molecule has 0 aromatic heterocycles. The van der Waals surface area contributed by atoms with Gasteiger partial charge >= 0.3 is 0 Å². The van der Waals surface area contributed by atoms with Gasteiger partial charge in [-0.25, -0.2) is 0 Å². The van der Waals surface area contributed by atoms with Crippen LogP contribution >= 0.6 is 11.8 Å². The van der Waals surface area contributed by atoms with Gasteiger partial charge < -0.3 is 0 Å². The second-order valence-electron chi connectivity index (χ2n) is 4.38. The quantitative estimate of drug-likeness (QED) is 0.675. The molecule has 1 heterocycles. The highest BCUT2D eigenvalue weighted by molar-refractivity contribution is 8.04. The van der Waals surface area contributed by atoms with E-state index in [2.05, 4.69) is 62.4 Å². The van der Waals surface area contributed by atoms with Crippen molar-refractivity contribution in [3.63, 3.8) is 0 Å². The van der Waals surface area contributed by atoms with Crippen molar-refractivity contribution < 1.29 is 0 Å². The standard InChI is InChI=1S/C15H15S2/c1-11(2)17-14-9-5-3-7-12(14)16-13-8-4-6-10-15(13)17/h3-11H,1-2H3/q+1. The zero-order valence-corrected chi connectivity index (χ0v) is 11.6. The normalized spacial score (nSPS) is 14.5. The molecule has 17 heavy (non-hydrogen) atoms. The zero-order chi connectivity index (χ0) is 11.8. The fourth-order valence-corrected chi connectivity index (χ4v) is 6.11. The summed E-state index contributed by atoms with van der Waals surface area (Å²) in [5, 5.41) is 0.665. The Morgan fingerprint density at radius 1 is 0.824 bits per heavy atom. The van der Waals surface area contributed by atoms with Gasteiger partial charge in [-0.2, -0.15) is 0 Å². The van der Waals surface area contributed by atoms with Gasteiger partial charge in [0.2, 0.25) is 0 Å². The van der Waals surface area contributed by atoms with Gasteiger partial charge in [0.15, 0.2) is 9.79 Å². The first-order valence-corrected chi connectivity index (χ1v) is 7.97. The van der Waals surface area contributed by atoms with E-state index in [0.717, 1.165) is 0 Å². The van der Waals surface area contributed by atoms with Crippen molar-refractivity contribution in [3.8, 4) is 0 Å². The van der Waals surface area contributed by atoms with E-state index in [4.69, 9.17) is 0 Å². The van der Waals surface area contributed by atoms with Crippen LogP contribution in [-0.4, -0.2) is 5.25 Å². The van der Waals surface area contributed by atoms with Crippen molar-refractivity contribution >= 4 is 22.7 Å². The van der Waals surface area contributed by atoms with Crippen molar-refractivity contribution in [2.75, 3.05) is 0 Å². The van der Waals surface area contributed by atoms with Crippen LogP contribution in [-0.2, 0) is 10.9 Å². The van der Waals surface area contributed by atoms with Crippen LogP contribution in [0.15, 0.2) is 68.1 Å². The van der Waals surface area contributed by atoms with E-state index in [0.29, 0.717) is 5.25 Å². The second-order valence-corrected chi connectivity index (χ2v) is 7.96. The van der Waals surface area contributed by atoms with Crippen LogP contribution < -0.4 is 0 Å². The molecular weight excluding hydrogens is 244 g/mol. The molecule has 0 amide bonds. The molecule has 0 aliphatic carbocycles. The molecule has 3 rings (SSSR count). The first-order valence-electron chi connectivity index (χ1n) is 5.86. The van der Waals surface area contributed by atoms with E-state index >= 15 is 0 Å². The SMILES string of the molecule is CC(C)[S+]1c2ccccc2Sc2ccccc21. The summed E-state index contributed by atoms with van der Waals surface area (Å²) in [6.07, 6.45) is 0. The Balaban J connectivity index is 2.21. The first kappa shape index (κ1) is 11.2. The molecule has 0 unspecified atom stereocenters. The van der Waals surface area contributed by atoms with Crippen LogP contribution in [0.2, 0.25) is 0 Å². The van der Waals surface area contributed by atoms with Gasteiger partial charge in [-0.05, 0) is 38.1 Å². The summed E-state index contributed by atoms with van der Waals surface area (Å²) >= 11 is 1.91. The maximum absolute atomic E-state index is 2.33. The fraction of sp³-hybridized carbons (Fsp3) is 0.200. The molecule has 0 spiro atoms. The third-order valence-electron chi connectivity index (χ3n) is 2.86. The summed E-state index contributed by atoms with van der Waals surface area (Å²) in [4.78, 5) is 5.91. The third-order valence-corrected chi connectivity index (χ3v) is 6.88. The Labute approximate surface area is 110 Å². The Morgan fingerprint density at radius 3 is 1.76 bits per heavy atom. The van der Waals surface area contributed by atoms with Gasteiger partial charge in [0.1, 0.15) is 5.25 Å². The molecule has 1 aliphatic heterocycles. The van der Waals surface area contributed by atoms with Crippen molar-refractivity contribution in [3.05, 3.63) is 48.5 Å². The van der Waals surface area contributed by atoms with Gasteiger partial charge in [0, 0.05) is 0 Å². The van der Waals surface area contributed by atoms with Crippen LogP contribution in [0.1, 0.15) is 13.8 Å². The van der Waals surface area contributed by atoms with Crippen LogP contribution in [0.4, 0.5) is 0 Å². The zero-order valence-electron chi connectivity index (χ0n) is 10.0. The molecule has 0 fully saturated rings. The molecule has 0 bridgehead atoms. The predicted molar refractivity (Wildman–Crippen MR) is 76.0 cm³/mol. The van der Waals surface area contributed by atoms with Gasteiger partial charge in [-0.3, -0.25) is 0 Å². The van der Waals surface area contributed by atoms with Crippen LogP contribution in [0.5, 0.6) is 0 Å². The highest BCUT2D eigenvalue weighted by Gasteiger charge is 2.37. The summed E-state index contributed by atoms with van der Waals surface area (Å²) in [5.74, 6) is 0. The summed E-state index contributed by atoms with van der Waals surface area (Å²) in [7, 11) is 0.233. The van der Waals surface area contributed by atoms with Gasteiger partial charge in [0.25, 0.3) is 0 Å². The van der Waals surface area contributed by atoms with Gasteiger partial charge in [-0.1, -0.05) is 36.0 Å². The molecule has 2 heteroatoms. The van der Waals surface area contributed by atoms with Gasteiger partial charge in [-0.15, -0.1) is 0 Å². The monoisotopic (exact) mass is 259 g/mol. The maximum atomic E-state index is 2.33. The lowest BCUT2D eigenvalue weighted by Crippen LogP contribution is -2.19. The van der Waals surface area contributed by atoms with E-state index in [1.807, 2.05) is 11.8 Å². The highest BCUT2D eigenvalue weighted by Crippen LogP contribution is 2.46. The topological polar surface area (TPSA) is 0 Å². The molecule has 0 N–H and O–H groups in total. The van der Waals surface area contributed by atoms with Crippen molar-refractivity contribution in [1.29, 1.82) is 0 Å². The number of benzene rings is 2. The maximum Gasteiger partial charge on any atom is 0.174 e. The molecule has 2 aromatic carbocycles. The third kappa shape index (κ3) is 1.90. The smallest absolute Gasteiger partial charge is 0.0795 e. The Hall–Kier alpha value is -0.860. The molecular formula is C15H15S2+. The van der Waals surface area contributed by atoms with Crippen LogP contribution in [0.25, 0.3) is 0 Å². The second kappa shape index (κ2) is 4.43. The highest BCUT2D eigenvalue weighted by atomic mass is 32.2. The predicted octanol–water partition coefficient (Wildman–Crippen LogP) is 4.60. The molecule has 86 valence electrons. The van der Waals surface area contributed by atoms with Crippen molar-refractivity contribution in [1.82, 2.24) is 0 Å². The minimum absolute atomic E-state index is 0.233. The molecule has 1 aliphatic rings. The average molecular weight is 259 g/mol. The van der Waals surface area contributed by atoms with Gasteiger partial charge in [0.05, 0.1) is 20.7 Å². The summed E-state index contributed by atoms with van der Waals surface area (Å²) in [5.41, 5.74) is 0. The van der Waals surface area contributed by atoms with Crippen LogP contribution in [0.3, 0.4) is 0 Å². The molecule has 0 atom stereocenters.